The van der Waals surface area contributed by atoms with Crippen molar-refractivity contribution in [3.05, 3.63) is 157 Å². The van der Waals surface area contributed by atoms with Gasteiger partial charge in [0.15, 0.2) is 0 Å². The standard InChI is InChI=1S/C32H30N2P/c1-24-14-9-10-19-28(24)32(30-21-11-12-23-33-30)34-25(2)29-20-13-22-31(29)35(26-15-5-3-6-16-26)27-17-7-4-8-18-27/h3-23,25,32,34H,1-2H3/t25-,32-/m1/s1. The smallest absolute Gasteiger partial charge is 0.0756 e. The van der Waals surface area contributed by atoms with Crippen LogP contribution < -0.4 is 15.9 Å². The van der Waals surface area contributed by atoms with Gasteiger partial charge >= 0.3 is 0 Å². The molecule has 0 spiro atoms. The second-order valence-electron chi connectivity index (χ2n) is 8.81. The Kier molecular flexibility index (Phi) is 7.72. The van der Waals surface area contributed by atoms with Gasteiger partial charge in [-0.1, -0.05) is 91.0 Å². The van der Waals surface area contributed by atoms with E-state index in [1.165, 1.54) is 33.3 Å². The minimum Gasteiger partial charge on any atom is -0.302 e. The Morgan fingerprint density at radius 1 is 0.714 bits per heavy atom. The van der Waals surface area contributed by atoms with Crippen LogP contribution in [0, 0.1) is 37.8 Å². The summed E-state index contributed by atoms with van der Waals surface area (Å²) in [4.78, 5) is 4.73. The number of benzene rings is 3. The Morgan fingerprint density at radius 3 is 1.97 bits per heavy atom. The molecule has 4 aromatic rings. The zero-order valence-corrected chi connectivity index (χ0v) is 21.1. The van der Waals surface area contributed by atoms with Gasteiger partial charge in [-0.2, -0.15) is 0 Å². The molecular formula is C32H30N2P. The first-order valence-electron chi connectivity index (χ1n) is 12.1. The lowest BCUT2D eigenvalue weighted by atomic mass is 9.93. The predicted molar refractivity (Wildman–Crippen MR) is 148 cm³/mol. The summed E-state index contributed by atoms with van der Waals surface area (Å²) in [6.45, 7) is 4.45. The van der Waals surface area contributed by atoms with Gasteiger partial charge in [-0.05, 0) is 74.9 Å². The fourth-order valence-electron chi connectivity index (χ4n) is 4.71. The van der Waals surface area contributed by atoms with Crippen LogP contribution in [0.5, 0.6) is 0 Å². The first kappa shape index (κ1) is 23.9. The summed E-state index contributed by atoms with van der Waals surface area (Å²) in [6, 6.07) is 36.7. The van der Waals surface area contributed by atoms with E-state index in [1.807, 2.05) is 12.3 Å². The third-order valence-electron chi connectivity index (χ3n) is 6.46. The summed E-state index contributed by atoms with van der Waals surface area (Å²) in [5.74, 6) is 1.35. The van der Waals surface area contributed by atoms with Crippen molar-refractivity contribution in [2.75, 3.05) is 0 Å². The fraction of sp³-hybridized carbons (Fsp3) is 0.125. The first-order chi connectivity index (χ1) is 17.2. The van der Waals surface area contributed by atoms with Crippen LogP contribution in [0.25, 0.3) is 0 Å². The third-order valence-corrected chi connectivity index (χ3v) is 8.98. The van der Waals surface area contributed by atoms with Gasteiger partial charge in [0, 0.05) is 23.8 Å². The molecule has 0 bridgehead atoms. The highest BCUT2D eigenvalue weighted by molar-refractivity contribution is 7.76. The molecular weight excluding hydrogens is 443 g/mol. The van der Waals surface area contributed by atoms with Crippen molar-refractivity contribution in [2.24, 2.45) is 0 Å². The van der Waals surface area contributed by atoms with Crippen molar-refractivity contribution in [1.29, 1.82) is 0 Å². The van der Waals surface area contributed by atoms with E-state index in [9.17, 15) is 0 Å². The van der Waals surface area contributed by atoms with Crippen molar-refractivity contribution in [1.82, 2.24) is 10.3 Å². The second-order valence-corrected chi connectivity index (χ2v) is 11.0. The molecule has 0 aliphatic heterocycles. The van der Waals surface area contributed by atoms with Crippen LogP contribution in [0.1, 0.15) is 29.8 Å². The molecule has 1 aliphatic rings. The monoisotopic (exact) mass is 473 g/mol. The number of nitrogens with one attached hydrogen (secondary N) is 1. The molecule has 1 heterocycles. The van der Waals surface area contributed by atoms with Crippen LogP contribution in [0.15, 0.2) is 109 Å². The summed E-state index contributed by atoms with van der Waals surface area (Å²) in [5.41, 5.74) is 4.97. The van der Waals surface area contributed by atoms with Gasteiger partial charge in [0.05, 0.1) is 11.7 Å². The summed E-state index contributed by atoms with van der Waals surface area (Å²) >= 11 is 0. The maximum atomic E-state index is 4.73. The van der Waals surface area contributed by atoms with E-state index in [1.54, 1.807) is 0 Å². The molecule has 1 N–H and O–H groups in total. The molecule has 0 saturated heterocycles. The van der Waals surface area contributed by atoms with E-state index in [2.05, 4.69) is 135 Å². The number of pyridine rings is 1. The van der Waals surface area contributed by atoms with E-state index in [0.29, 0.717) is 0 Å². The highest BCUT2D eigenvalue weighted by Gasteiger charge is 2.40. The van der Waals surface area contributed by atoms with E-state index >= 15 is 0 Å². The molecule has 35 heavy (non-hydrogen) atoms. The van der Waals surface area contributed by atoms with E-state index in [4.69, 9.17) is 4.98 Å². The van der Waals surface area contributed by atoms with Gasteiger partial charge in [-0.3, -0.25) is 4.98 Å². The zero-order chi connectivity index (χ0) is 24.0. The Hall–Kier alpha value is -2.80. The summed E-state index contributed by atoms with van der Waals surface area (Å²) in [6.07, 6.45) is 8.67. The van der Waals surface area contributed by atoms with Crippen LogP contribution in [0.4, 0.5) is 0 Å². The summed E-state index contributed by atoms with van der Waals surface area (Å²) < 4.78 is 0. The number of aryl methyl sites for hydroxylation is 1. The number of hydrogen-bond donors (Lipinski definition) is 1. The van der Waals surface area contributed by atoms with Crippen molar-refractivity contribution < 1.29 is 0 Å². The zero-order valence-electron chi connectivity index (χ0n) is 20.2. The number of rotatable bonds is 8. The number of aromatic nitrogens is 1. The molecule has 3 heteroatoms. The quantitative estimate of drug-likeness (QED) is 0.303. The molecule has 1 fully saturated rings. The summed E-state index contributed by atoms with van der Waals surface area (Å²) in [5, 5.41) is 6.68. The Bertz CT molecular complexity index is 1160. The molecule has 0 unspecified atom stereocenters. The average molecular weight is 474 g/mol. The van der Waals surface area contributed by atoms with Gasteiger partial charge in [-0.15, -0.1) is 0 Å². The van der Waals surface area contributed by atoms with Crippen molar-refractivity contribution in [3.8, 4) is 0 Å². The predicted octanol–water partition coefficient (Wildman–Crippen LogP) is 6.32. The average Bonchev–Trinajstić information content (AvgIpc) is 3.39. The molecule has 1 aromatic heterocycles. The van der Waals surface area contributed by atoms with Crippen LogP contribution in [0.2, 0.25) is 0 Å². The Morgan fingerprint density at radius 2 is 1.34 bits per heavy atom. The molecule has 2 nitrogen and oxygen atoms in total. The van der Waals surface area contributed by atoms with Crippen molar-refractivity contribution >= 4 is 18.5 Å². The molecule has 173 valence electrons. The van der Waals surface area contributed by atoms with Gasteiger partial charge in [-0.25, -0.2) is 0 Å². The topological polar surface area (TPSA) is 24.9 Å². The molecule has 1 aliphatic carbocycles. The van der Waals surface area contributed by atoms with Crippen molar-refractivity contribution in [3.63, 3.8) is 0 Å². The first-order valence-corrected chi connectivity index (χ1v) is 13.4. The molecule has 3 aromatic carbocycles. The molecule has 0 amide bonds. The lowest BCUT2D eigenvalue weighted by Gasteiger charge is -2.34. The van der Waals surface area contributed by atoms with Gasteiger partial charge in [0.25, 0.3) is 0 Å². The van der Waals surface area contributed by atoms with E-state index in [-0.39, 0.29) is 12.1 Å². The van der Waals surface area contributed by atoms with Crippen LogP contribution in [-0.4, -0.2) is 11.0 Å². The normalized spacial score (nSPS) is 16.4. The third kappa shape index (κ3) is 5.40. The minimum absolute atomic E-state index is 0.00910. The van der Waals surface area contributed by atoms with Crippen LogP contribution >= 0.6 is 7.92 Å². The van der Waals surface area contributed by atoms with Crippen molar-refractivity contribution in [2.45, 2.75) is 25.9 Å². The molecule has 2 atom stereocenters. The largest absolute Gasteiger partial charge is 0.302 e. The summed E-state index contributed by atoms with van der Waals surface area (Å²) in [7, 11) is -0.658. The minimum atomic E-state index is -0.658. The lowest BCUT2D eigenvalue weighted by Crippen LogP contribution is -2.38. The SMILES string of the molecule is Cc1ccccc1[C@@H](N[C@H](C)[C]1[CH][CH][CH][C]1P(c1ccccc1)c1ccccc1)c1ccccn1. The highest BCUT2D eigenvalue weighted by Crippen LogP contribution is 2.57. The Balaban J connectivity index is 1.47. The van der Waals surface area contributed by atoms with Gasteiger partial charge in [0.1, 0.15) is 0 Å². The molecule has 5 radical (unpaired) electrons. The fourth-order valence-corrected chi connectivity index (χ4v) is 7.26. The van der Waals surface area contributed by atoms with Gasteiger partial charge < -0.3 is 5.32 Å². The lowest BCUT2D eigenvalue weighted by molar-refractivity contribution is 0.512. The highest BCUT2D eigenvalue weighted by atomic mass is 31.1. The van der Waals surface area contributed by atoms with E-state index in [0.717, 1.165) is 5.69 Å². The maximum Gasteiger partial charge on any atom is 0.0756 e. The maximum absolute atomic E-state index is 4.73. The number of hydrogen-bond acceptors (Lipinski definition) is 2. The van der Waals surface area contributed by atoms with Crippen LogP contribution in [0.3, 0.4) is 0 Å². The van der Waals surface area contributed by atoms with E-state index < -0.39 is 7.92 Å². The molecule has 1 saturated carbocycles. The number of nitrogens with zero attached hydrogens (tertiary/aromatic N) is 1. The van der Waals surface area contributed by atoms with Crippen LogP contribution in [-0.2, 0) is 0 Å². The van der Waals surface area contributed by atoms with Gasteiger partial charge in [0.2, 0.25) is 0 Å². The Labute approximate surface area is 211 Å². The second kappa shape index (κ2) is 11.3. The molecule has 5 rings (SSSR count).